The van der Waals surface area contributed by atoms with Crippen molar-refractivity contribution in [1.29, 1.82) is 0 Å². The van der Waals surface area contributed by atoms with Crippen LogP contribution < -0.4 is 0 Å². The molecular weight excluding hydrogens is 206 g/mol. The SMILES string of the molecule is CC1CCC(C2CCC(CF)CC2)C(F)C1. The Balaban J connectivity index is 1.84. The van der Waals surface area contributed by atoms with Gasteiger partial charge in [0.15, 0.2) is 0 Å². The van der Waals surface area contributed by atoms with Crippen molar-refractivity contribution in [3.05, 3.63) is 0 Å². The second kappa shape index (κ2) is 5.46. The zero-order chi connectivity index (χ0) is 11.5. The number of halogens is 2. The van der Waals surface area contributed by atoms with E-state index in [2.05, 4.69) is 6.92 Å². The molecule has 0 aromatic heterocycles. The summed E-state index contributed by atoms with van der Waals surface area (Å²) >= 11 is 0. The molecule has 0 aliphatic heterocycles. The summed E-state index contributed by atoms with van der Waals surface area (Å²) in [6.07, 6.45) is 6.52. The summed E-state index contributed by atoms with van der Waals surface area (Å²) in [7, 11) is 0. The van der Waals surface area contributed by atoms with Gasteiger partial charge in [-0.05, 0) is 62.2 Å². The first-order valence-corrected chi connectivity index (χ1v) is 6.90. The number of hydrogen-bond acceptors (Lipinski definition) is 0. The fourth-order valence-electron chi connectivity index (χ4n) is 3.64. The van der Waals surface area contributed by atoms with Crippen molar-refractivity contribution in [3.63, 3.8) is 0 Å². The molecule has 16 heavy (non-hydrogen) atoms. The van der Waals surface area contributed by atoms with Gasteiger partial charge in [-0.1, -0.05) is 13.3 Å². The van der Waals surface area contributed by atoms with Gasteiger partial charge in [0.25, 0.3) is 0 Å². The fourth-order valence-corrected chi connectivity index (χ4v) is 3.64. The highest BCUT2D eigenvalue weighted by atomic mass is 19.1. The van der Waals surface area contributed by atoms with Gasteiger partial charge in [0.1, 0.15) is 6.17 Å². The lowest BCUT2D eigenvalue weighted by Gasteiger charge is -2.38. The van der Waals surface area contributed by atoms with E-state index >= 15 is 0 Å². The monoisotopic (exact) mass is 230 g/mol. The van der Waals surface area contributed by atoms with Crippen LogP contribution in [0.2, 0.25) is 0 Å². The van der Waals surface area contributed by atoms with Crippen molar-refractivity contribution in [2.45, 2.75) is 58.0 Å². The van der Waals surface area contributed by atoms with Crippen molar-refractivity contribution in [1.82, 2.24) is 0 Å². The molecule has 0 spiro atoms. The lowest BCUT2D eigenvalue weighted by Crippen LogP contribution is -2.33. The maximum absolute atomic E-state index is 14.0. The number of hydrogen-bond donors (Lipinski definition) is 0. The maximum Gasteiger partial charge on any atom is 0.103 e. The zero-order valence-corrected chi connectivity index (χ0v) is 10.3. The molecule has 0 radical (unpaired) electrons. The largest absolute Gasteiger partial charge is 0.251 e. The van der Waals surface area contributed by atoms with Gasteiger partial charge in [-0.3, -0.25) is 4.39 Å². The summed E-state index contributed by atoms with van der Waals surface area (Å²) in [6, 6.07) is 0. The molecule has 3 atom stereocenters. The Labute approximate surface area is 97.8 Å². The average molecular weight is 230 g/mol. The predicted molar refractivity (Wildman–Crippen MR) is 62.8 cm³/mol. The maximum atomic E-state index is 14.0. The van der Waals surface area contributed by atoms with E-state index in [-0.39, 0.29) is 18.5 Å². The molecule has 2 saturated carbocycles. The van der Waals surface area contributed by atoms with Crippen LogP contribution in [0.3, 0.4) is 0 Å². The van der Waals surface area contributed by atoms with Crippen LogP contribution in [0, 0.1) is 23.7 Å². The van der Waals surface area contributed by atoms with Crippen LogP contribution in [0.25, 0.3) is 0 Å². The van der Waals surface area contributed by atoms with Crippen molar-refractivity contribution >= 4 is 0 Å². The summed E-state index contributed by atoms with van der Waals surface area (Å²) in [5.74, 6) is 1.67. The average Bonchev–Trinajstić information content (AvgIpc) is 2.29. The summed E-state index contributed by atoms with van der Waals surface area (Å²) in [4.78, 5) is 0. The highest BCUT2D eigenvalue weighted by Gasteiger charge is 2.36. The second-order valence-corrected chi connectivity index (χ2v) is 6.03. The highest BCUT2D eigenvalue weighted by Crippen LogP contribution is 2.42. The molecule has 2 fully saturated rings. The third kappa shape index (κ3) is 2.75. The van der Waals surface area contributed by atoms with Crippen molar-refractivity contribution in [2.75, 3.05) is 6.67 Å². The minimum absolute atomic E-state index is 0.173. The van der Waals surface area contributed by atoms with Crippen LogP contribution in [0.1, 0.15) is 51.9 Å². The lowest BCUT2D eigenvalue weighted by molar-refractivity contribution is 0.0602. The standard InChI is InChI=1S/C14H24F2/c1-10-2-7-13(14(16)8-10)12-5-3-11(9-15)4-6-12/h10-14H,2-9H2,1H3. The van der Waals surface area contributed by atoms with E-state index in [4.69, 9.17) is 0 Å². The van der Waals surface area contributed by atoms with E-state index in [0.717, 1.165) is 38.5 Å². The molecule has 3 unspecified atom stereocenters. The molecule has 0 amide bonds. The Morgan fingerprint density at radius 2 is 1.69 bits per heavy atom. The van der Waals surface area contributed by atoms with Gasteiger partial charge < -0.3 is 0 Å². The van der Waals surface area contributed by atoms with Crippen molar-refractivity contribution in [2.24, 2.45) is 23.7 Å². The minimum Gasteiger partial charge on any atom is -0.251 e. The van der Waals surface area contributed by atoms with E-state index < -0.39 is 6.17 Å². The van der Waals surface area contributed by atoms with Gasteiger partial charge in [0.2, 0.25) is 0 Å². The smallest absolute Gasteiger partial charge is 0.103 e. The molecule has 2 aliphatic carbocycles. The predicted octanol–water partition coefficient (Wildman–Crippen LogP) is 4.54. The first kappa shape index (κ1) is 12.3. The summed E-state index contributed by atoms with van der Waals surface area (Å²) < 4.78 is 26.5. The molecule has 0 aromatic carbocycles. The third-order valence-corrected chi connectivity index (χ3v) is 4.80. The van der Waals surface area contributed by atoms with E-state index in [9.17, 15) is 8.78 Å². The number of rotatable bonds is 2. The van der Waals surface area contributed by atoms with Gasteiger partial charge in [-0.15, -0.1) is 0 Å². The van der Waals surface area contributed by atoms with Crippen LogP contribution in [0.4, 0.5) is 8.78 Å². The fraction of sp³-hybridized carbons (Fsp3) is 1.00. The normalized spacial score (nSPS) is 45.6. The summed E-state index contributed by atoms with van der Waals surface area (Å²) in [5.41, 5.74) is 0. The molecule has 0 nitrogen and oxygen atoms in total. The molecule has 0 aromatic rings. The van der Waals surface area contributed by atoms with Crippen molar-refractivity contribution in [3.8, 4) is 0 Å². The van der Waals surface area contributed by atoms with E-state index in [0.29, 0.717) is 11.8 Å². The molecule has 0 bridgehead atoms. The Morgan fingerprint density at radius 3 is 2.25 bits per heavy atom. The van der Waals surface area contributed by atoms with E-state index in [1.165, 1.54) is 6.42 Å². The highest BCUT2D eigenvalue weighted by molar-refractivity contribution is 4.86. The molecule has 94 valence electrons. The molecule has 0 saturated heterocycles. The quantitative estimate of drug-likeness (QED) is 0.653. The van der Waals surface area contributed by atoms with Crippen LogP contribution >= 0.6 is 0 Å². The van der Waals surface area contributed by atoms with Gasteiger partial charge in [0.05, 0.1) is 6.67 Å². The van der Waals surface area contributed by atoms with Crippen LogP contribution in [-0.4, -0.2) is 12.8 Å². The zero-order valence-electron chi connectivity index (χ0n) is 10.3. The Kier molecular flexibility index (Phi) is 4.21. The van der Waals surface area contributed by atoms with Gasteiger partial charge >= 0.3 is 0 Å². The first-order chi connectivity index (χ1) is 7.70. The Hall–Kier alpha value is -0.140. The van der Waals surface area contributed by atoms with Crippen LogP contribution in [0.15, 0.2) is 0 Å². The second-order valence-electron chi connectivity index (χ2n) is 6.03. The van der Waals surface area contributed by atoms with Gasteiger partial charge in [0, 0.05) is 0 Å². The molecule has 0 N–H and O–H groups in total. The summed E-state index contributed by atoms with van der Waals surface area (Å²) in [5, 5.41) is 0. The lowest BCUT2D eigenvalue weighted by atomic mass is 9.69. The number of alkyl halides is 2. The topological polar surface area (TPSA) is 0 Å². The van der Waals surface area contributed by atoms with Crippen LogP contribution in [0.5, 0.6) is 0 Å². The molecule has 2 rings (SSSR count). The van der Waals surface area contributed by atoms with Crippen molar-refractivity contribution < 1.29 is 8.78 Å². The summed E-state index contributed by atoms with van der Waals surface area (Å²) in [6.45, 7) is 1.98. The Morgan fingerprint density at radius 1 is 1.00 bits per heavy atom. The first-order valence-electron chi connectivity index (χ1n) is 6.90. The molecule has 2 aliphatic rings. The van der Waals surface area contributed by atoms with E-state index in [1.54, 1.807) is 0 Å². The van der Waals surface area contributed by atoms with Crippen LogP contribution in [-0.2, 0) is 0 Å². The minimum atomic E-state index is -0.587. The van der Waals surface area contributed by atoms with E-state index in [1.807, 2.05) is 0 Å². The Bertz CT molecular complexity index is 209. The molecule has 2 heteroatoms. The molecule has 0 heterocycles. The third-order valence-electron chi connectivity index (χ3n) is 4.80. The van der Waals surface area contributed by atoms with Gasteiger partial charge in [-0.2, -0.15) is 0 Å². The van der Waals surface area contributed by atoms with Gasteiger partial charge in [-0.25, -0.2) is 4.39 Å². The molecular formula is C14H24F2.